The van der Waals surface area contributed by atoms with Crippen molar-refractivity contribution >= 4 is 17.8 Å². The molecule has 0 spiro atoms. The third-order valence-corrected chi connectivity index (χ3v) is 4.47. The fraction of sp³-hybridized carbons (Fsp3) is 0.250. The van der Waals surface area contributed by atoms with Crippen LogP contribution in [0.3, 0.4) is 0 Å². The maximum Gasteiger partial charge on any atom is 0.335 e. The van der Waals surface area contributed by atoms with Crippen LogP contribution in [-0.2, 0) is 22.7 Å². The van der Waals surface area contributed by atoms with E-state index in [-0.39, 0.29) is 5.56 Å². The van der Waals surface area contributed by atoms with E-state index in [0.29, 0.717) is 26.2 Å². The second-order valence-electron chi connectivity index (χ2n) is 6.44. The van der Waals surface area contributed by atoms with Crippen LogP contribution in [0.4, 0.5) is 0 Å². The van der Waals surface area contributed by atoms with Gasteiger partial charge in [0.05, 0.1) is 5.56 Å². The Bertz CT molecular complexity index is 828. The molecule has 6 nitrogen and oxygen atoms in total. The molecule has 0 unspecified atom stereocenters. The van der Waals surface area contributed by atoms with Gasteiger partial charge in [0.25, 0.3) is 0 Å². The molecule has 2 aromatic carbocycles. The Labute approximate surface area is 151 Å². The van der Waals surface area contributed by atoms with E-state index in [1.165, 1.54) is 17.0 Å². The number of aryl methyl sites for hydroxylation is 1. The van der Waals surface area contributed by atoms with Crippen LogP contribution in [0.5, 0.6) is 0 Å². The maximum atomic E-state index is 12.4. The number of hydrogen-bond acceptors (Lipinski definition) is 3. The Hall–Kier alpha value is -3.15. The monoisotopic (exact) mass is 352 g/mol. The zero-order valence-corrected chi connectivity index (χ0v) is 14.5. The van der Waals surface area contributed by atoms with Gasteiger partial charge in [0.2, 0.25) is 0 Å². The summed E-state index contributed by atoms with van der Waals surface area (Å²) in [5.74, 6) is -2.02. The molecular weight excluding hydrogens is 332 g/mol. The number of aromatic carboxylic acids is 1. The van der Waals surface area contributed by atoms with Gasteiger partial charge in [-0.25, -0.2) is 4.79 Å². The van der Waals surface area contributed by atoms with E-state index in [0.717, 1.165) is 16.7 Å². The van der Waals surface area contributed by atoms with E-state index in [1.807, 2.05) is 31.2 Å². The minimum atomic E-state index is -0.993. The molecule has 0 atom stereocenters. The topological polar surface area (TPSA) is 77.9 Å². The van der Waals surface area contributed by atoms with Gasteiger partial charge in [-0.05, 0) is 30.2 Å². The van der Waals surface area contributed by atoms with E-state index in [2.05, 4.69) is 0 Å². The van der Waals surface area contributed by atoms with Crippen LogP contribution in [0.25, 0.3) is 0 Å². The Morgan fingerprint density at radius 3 is 1.69 bits per heavy atom. The average molecular weight is 352 g/mol. The number of hydrogen-bond donors (Lipinski definition) is 1. The van der Waals surface area contributed by atoms with Gasteiger partial charge in [0, 0.05) is 26.2 Å². The standard InChI is InChI=1S/C20H20N2O4/c1-14-2-4-15(5-3-14)12-21-10-11-22(19(24)18(21)23)13-16-6-8-17(9-7-16)20(25)26/h2-9H,10-13H2,1H3,(H,25,26). The highest BCUT2D eigenvalue weighted by molar-refractivity contribution is 6.35. The molecule has 1 aliphatic heterocycles. The highest BCUT2D eigenvalue weighted by Gasteiger charge is 2.32. The average Bonchev–Trinajstić information content (AvgIpc) is 2.63. The molecule has 2 amide bonds. The van der Waals surface area contributed by atoms with Crippen LogP contribution in [0.2, 0.25) is 0 Å². The van der Waals surface area contributed by atoms with E-state index < -0.39 is 17.8 Å². The lowest BCUT2D eigenvalue weighted by Gasteiger charge is -2.34. The van der Waals surface area contributed by atoms with E-state index in [9.17, 15) is 14.4 Å². The minimum Gasteiger partial charge on any atom is -0.478 e. The number of amides is 2. The highest BCUT2D eigenvalue weighted by Crippen LogP contribution is 2.15. The van der Waals surface area contributed by atoms with Gasteiger partial charge >= 0.3 is 17.8 Å². The van der Waals surface area contributed by atoms with Gasteiger partial charge < -0.3 is 14.9 Å². The Balaban J connectivity index is 1.63. The number of nitrogens with zero attached hydrogens (tertiary/aromatic N) is 2. The largest absolute Gasteiger partial charge is 0.478 e. The Kier molecular flexibility index (Phi) is 5.02. The molecule has 1 aliphatic rings. The lowest BCUT2D eigenvalue weighted by Crippen LogP contribution is -2.53. The van der Waals surface area contributed by atoms with Crippen molar-refractivity contribution in [2.75, 3.05) is 13.1 Å². The van der Waals surface area contributed by atoms with Crippen LogP contribution in [0.1, 0.15) is 27.0 Å². The van der Waals surface area contributed by atoms with Crippen LogP contribution in [0, 0.1) is 6.92 Å². The summed E-state index contributed by atoms with van der Waals surface area (Å²) in [5, 5.41) is 8.92. The smallest absolute Gasteiger partial charge is 0.335 e. The van der Waals surface area contributed by atoms with E-state index in [1.54, 1.807) is 17.0 Å². The molecule has 2 aromatic rings. The zero-order chi connectivity index (χ0) is 18.7. The number of carboxylic acid groups (broad SMARTS) is 1. The fourth-order valence-corrected chi connectivity index (χ4v) is 2.90. The number of benzene rings is 2. The molecule has 0 saturated carbocycles. The number of carbonyl (C=O) groups excluding carboxylic acids is 2. The van der Waals surface area contributed by atoms with Crippen LogP contribution in [-0.4, -0.2) is 45.8 Å². The summed E-state index contributed by atoms with van der Waals surface area (Å²) < 4.78 is 0. The van der Waals surface area contributed by atoms with E-state index in [4.69, 9.17) is 5.11 Å². The molecule has 3 rings (SSSR count). The minimum absolute atomic E-state index is 0.194. The fourth-order valence-electron chi connectivity index (χ4n) is 2.90. The number of carboxylic acids is 1. The van der Waals surface area contributed by atoms with E-state index >= 15 is 0 Å². The van der Waals surface area contributed by atoms with Crippen molar-refractivity contribution < 1.29 is 19.5 Å². The summed E-state index contributed by atoms with van der Waals surface area (Å²) in [7, 11) is 0. The summed E-state index contributed by atoms with van der Waals surface area (Å²) in [6.45, 7) is 3.65. The second-order valence-corrected chi connectivity index (χ2v) is 6.44. The second kappa shape index (κ2) is 7.39. The van der Waals surface area contributed by atoms with Crippen molar-refractivity contribution in [3.05, 3.63) is 70.8 Å². The number of rotatable bonds is 5. The van der Waals surface area contributed by atoms with Crippen molar-refractivity contribution in [3.63, 3.8) is 0 Å². The predicted molar refractivity (Wildman–Crippen MR) is 95.4 cm³/mol. The molecule has 1 fully saturated rings. The van der Waals surface area contributed by atoms with Crippen molar-refractivity contribution in [1.29, 1.82) is 0 Å². The van der Waals surface area contributed by atoms with Crippen molar-refractivity contribution in [2.45, 2.75) is 20.0 Å². The number of carbonyl (C=O) groups is 3. The SMILES string of the molecule is Cc1ccc(CN2CCN(Cc3ccc(C(=O)O)cc3)C(=O)C2=O)cc1. The van der Waals surface area contributed by atoms with Crippen LogP contribution in [0.15, 0.2) is 48.5 Å². The summed E-state index contributed by atoms with van der Waals surface area (Å²) in [6.07, 6.45) is 0. The number of piperazine rings is 1. The van der Waals surface area contributed by atoms with Crippen molar-refractivity contribution in [3.8, 4) is 0 Å². The Morgan fingerprint density at radius 1 is 0.846 bits per heavy atom. The summed E-state index contributed by atoms with van der Waals surface area (Å²) in [6, 6.07) is 14.2. The predicted octanol–water partition coefficient (Wildman–Crippen LogP) is 2.06. The highest BCUT2D eigenvalue weighted by atomic mass is 16.4. The van der Waals surface area contributed by atoms with Crippen molar-refractivity contribution in [1.82, 2.24) is 9.80 Å². The molecule has 1 heterocycles. The van der Waals surface area contributed by atoms with Crippen molar-refractivity contribution in [2.24, 2.45) is 0 Å². The lowest BCUT2D eigenvalue weighted by molar-refractivity contribution is -0.156. The third kappa shape index (κ3) is 3.91. The summed E-state index contributed by atoms with van der Waals surface area (Å²) in [5.41, 5.74) is 3.13. The molecule has 0 aromatic heterocycles. The third-order valence-electron chi connectivity index (χ3n) is 4.47. The molecule has 0 aliphatic carbocycles. The molecular formula is C20H20N2O4. The molecule has 134 valence electrons. The van der Waals surface area contributed by atoms with Gasteiger partial charge in [0.15, 0.2) is 0 Å². The summed E-state index contributed by atoms with van der Waals surface area (Å²) >= 11 is 0. The van der Waals surface area contributed by atoms with Gasteiger partial charge in [0.1, 0.15) is 0 Å². The lowest BCUT2D eigenvalue weighted by atomic mass is 10.1. The van der Waals surface area contributed by atoms with Gasteiger partial charge in [-0.3, -0.25) is 9.59 Å². The molecule has 1 saturated heterocycles. The summed E-state index contributed by atoms with van der Waals surface area (Å²) in [4.78, 5) is 38.8. The first kappa shape index (κ1) is 17.7. The first-order valence-electron chi connectivity index (χ1n) is 8.40. The molecule has 6 heteroatoms. The molecule has 0 radical (unpaired) electrons. The molecule has 0 bridgehead atoms. The first-order chi connectivity index (χ1) is 12.4. The van der Waals surface area contributed by atoms with Crippen LogP contribution >= 0.6 is 0 Å². The Morgan fingerprint density at radius 2 is 1.27 bits per heavy atom. The first-order valence-corrected chi connectivity index (χ1v) is 8.40. The maximum absolute atomic E-state index is 12.4. The normalized spacial score (nSPS) is 14.7. The van der Waals surface area contributed by atoms with Crippen LogP contribution < -0.4 is 0 Å². The van der Waals surface area contributed by atoms with Gasteiger partial charge in [-0.1, -0.05) is 42.0 Å². The quantitative estimate of drug-likeness (QED) is 0.836. The molecule has 26 heavy (non-hydrogen) atoms. The molecule has 1 N–H and O–H groups in total. The zero-order valence-electron chi connectivity index (χ0n) is 14.5. The van der Waals surface area contributed by atoms with Gasteiger partial charge in [-0.2, -0.15) is 0 Å². The van der Waals surface area contributed by atoms with Gasteiger partial charge in [-0.15, -0.1) is 0 Å².